The molecular formula is C18H23NO2. The Morgan fingerprint density at radius 1 is 1.14 bits per heavy atom. The predicted octanol–water partition coefficient (Wildman–Crippen LogP) is 3.68. The van der Waals surface area contributed by atoms with Crippen molar-refractivity contribution in [3.8, 4) is 11.5 Å². The molecular weight excluding hydrogens is 262 g/mol. The fraction of sp³-hybridized carbons (Fsp3) is 0.333. The molecule has 2 aromatic carbocycles. The quantitative estimate of drug-likeness (QED) is 0.815. The molecule has 3 heteroatoms. The van der Waals surface area contributed by atoms with Gasteiger partial charge in [0.15, 0.2) is 0 Å². The number of aliphatic hydroxyl groups is 1. The van der Waals surface area contributed by atoms with Crippen molar-refractivity contribution in [3.63, 3.8) is 0 Å². The standard InChI is InChI=1S/C18H23NO2/c1-3-19-14(2)16-8-6-9-17(13-16)21-18-10-5-4-7-15(18)11-12-20/h4-10,13-14,19-20H,3,11-12H2,1-2H3. The molecule has 0 bridgehead atoms. The Morgan fingerprint density at radius 3 is 2.71 bits per heavy atom. The lowest BCUT2D eigenvalue weighted by atomic mass is 10.1. The normalized spacial score (nSPS) is 12.1. The lowest BCUT2D eigenvalue weighted by Crippen LogP contribution is -2.17. The van der Waals surface area contributed by atoms with Gasteiger partial charge in [-0.05, 0) is 49.2 Å². The molecule has 0 fully saturated rings. The maximum Gasteiger partial charge on any atom is 0.130 e. The van der Waals surface area contributed by atoms with Gasteiger partial charge in [0.1, 0.15) is 11.5 Å². The molecule has 0 aliphatic rings. The van der Waals surface area contributed by atoms with Crippen LogP contribution in [0.15, 0.2) is 48.5 Å². The van der Waals surface area contributed by atoms with Crippen LogP contribution in [-0.2, 0) is 6.42 Å². The van der Waals surface area contributed by atoms with Crippen molar-refractivity contribution < 1.29 is 9.84 Å². The maximum absolute atomic E-state index is 9.12. The van der Waals surface area contributed by atoms with Gasteiger partial charge in [-0.3, -0.25) is 0 Å². The summed E-state index contributed by atoms with van der Waals surface area (Å²) in [6.45, 7) is 5.30. The molecule has 112 valence electrons. The van der Waals surface area contributed by atoms with Crippen molar-refractivity contribution in [3.05, 3.63) is 59.7 Å². The molecule has 21 heavy (non-hydrogen) atoms. The SMILES string of the molecule is CCNC(C)c1cccc(Oc2ccccc2CCO)c1. The third kappa shape index (κ3) is 4.31. The summed E-state index contributed by atoms with van der Waals surface area (Å²) in [6.07, 6.45) is 0.601. The second-order valence-electron chi connectivity index (χ2n) is 5.04. The summed E-state index contributed by atoms with van der Waals surface area (Å²) in [5.41, 5.74) is 2.22. The number of rotatable bonds is 7. The zero-order chi connectivity index (χ0) is 15.1. The van der Waals surface area contributed by atoms with Gasteiger partial charge in [-0.15, -0.1) is 0 Å². The Hall–Kier alpha value is -1.84. The van der Waals surface area contributed by atoms with Crippen LogP contribution in [0.4, 0.5) is 0 Å². The fourth-order valence-corrected chi connectivity index (χ4v) is 2.33. The van der Waals surface area contributed by atoms with E-state index in [2.05, 4.69) is 31.3 Å². The van der Waals surface area contributed by atoms with Crippen LogP contribution >= 0.6 is 0 Å². The first-order valence-electron chi connectivity index (χ1n) is 7.44. The van der Waals surface area contributed by atoms with Crippen LogP contribution in [0.3, 0.4) is 0 Å². The molecule has 2 rings (SSSR count). The molecule has 0 aliphatic heterocycles. The van der Waals surface area contributed by atoms with Crippen LogP contribution in [0.5, 0.6) is 11.5 Å². The minimum absolute atomic E-state index is 0.123. The second kappa shape index (κ2) is 7.81. The van der Waals surface area contributed by atoms with Gasteiger partial charge in [-0.25, -0.2) is 0 Å². The summed E-state index contributed by atoms with van der Waals surface area (Å²) in [7, 11) is 0. The number of hydrogen-bond acceptors (Lipinski definition) is 3. The van der Waals surface area contributed by atoms with Crippen LogP contribution in [-0.4, -0.2) is 18.3 Å². The second-order valence-corrected chi connectivity index (χ2v) is 5.04. The highest BCUT2D eigenvalue weighted by atomic mass is 16.5. The summed E-state index contributed by atoms with van der Waals surface area (Å²) in [6, 6.07) is 16.2. The highest BCUT2D eigenvalue weighted by Crippen LogP contribution is 2.27. The summed E-state index contributed by atoms with van der Waals surface area (Å²) in [4.78, 5) is 0. The van der Waals surface area contributed by atoms with Gasteiger partial charge in [0.2, 0.25) is 0 Å². The summed E-state index contributed by atoms with van der Waals surface area (Å²) in [5, 5.41) is 12.5. The van der Waals surface area contributed by atoms with Gasteiger partial charge in [0.25, 0.3) is 0 Å². The van der Waals surface area contributed by atoms with Gasteiger partial charge >= 0.3 is 0 Å². The molecule has 0 spiro atoms. The first kappa shape index (κ1) is 15.5. The molecule has 0 heterocycles. The zero-order valence-corrected chi connectivity index (χ0v) is 12.7. The molecule has 0 saturated heterocycles. The monoisotopic (exact) mass is 285 g/mol. The van der Waals surface area contributed by atoms with E-state index in [1.54, 1.807) is 0 Å². The first-order chi connectivity index (χ1) is 10.2. The van der Waals surface area contributed by atoms with Crippen molar-refractivity contribution >= 4 is 0 Å². The molecule has 0 amide bonds. The average molecular weight is 285 g/mol. The van der Waals surface area contributed by atoms with E-state index in [-0.39, 0.29) is 6.61 Å². The predicted molar refractivity (Wildman–Crippen MR) is 85.8 cm³/mol. The summed E-state index contributed by atoms with van der Waals surface area (Å²) >= 11 is 0. The van der Waals surface area contributed by atoms with Crippen molar-refractivity contribution in [1.82, 2.24) is 5.32 Å². The van der Waals surface area contributed by atoms with Gasteiger partial charge in [0.05, 0.1) is 0 Å². The molecule has 2 aromatic rings. The molecule has 2 N–H and O–H groups in total. The Kier molecular flexibility index (Phi) is 5.78. The number of nitrogens with one attached hydrogen (secondary N) is 1. The zero-order valence-electron chi connectivity index (χ0n) is 12.7. The van der Waals surface area contributed by atoms with E-state index in [0.29, 0.717) is 12.5 Å². The molecule has 0 aromatic heterocycles. The van der Waals surface area contributed by atoms with E-state index in [4.69, 9.17) is 9.84 Å². The highest BCUT2D eigenvalue weighted by molar-refractivity contribution is 5.39. The maximum atomic E-state index is 9.12. The Balaban J connectivity index is 2.18. The minimum Gasteiger partial charge on any atom is -0.457 e. The molecule has 3 nitrogen and oxygen atoms in total. The van der Waals surface area contributed by atoms with Crippen molar-refractivity contribution in [1.29, 1.82) is 0 Å². The van der Waals surface area contributed by atoms with Crippen molar-refractivity contribution in [2.45, 2.75) is 26.3 Å². The van der Waals surface area contributed by atoms with Crippen LogP contribution in [0.2, 0.25) is 0 Å². The number of ether oxygens (including phenoxy) is 1. The fourth-order valence-electron chi connectivity index (χ4n) is 2.33. The van der Waals surface area contributed by atoms with Gasteiger partial charge < -0.3 is 15.2 Å². The van der Waals surface area contributed by atoms with Crippen LogP contribution in [0.25, 0.3) is 0 Å². The summed E-state index contributed by atoms with van der Waals surface area (Å²) in [5.74, 6) is 1.63. The van der Waals surface area contributed by atoms with Gasteiger partial charge in [-0.1, -0.05) is 37.3 Å². The number of para-hydroxylation sites is 1. The Labute approximate surface area is 126 Å². The number of hydrogen-bond donors (Lipinski definition) is 2. The lowest BCUT2D eigenvalue weighted by Gasteiger charge is -2.15. The van der Waals surface area contributed by atoms with E-state index in [1.165, 1.54) is 5.56 Å². The largest absolute Gasteiger partial charge is 0.457 e. The Morgan fingerprint density at radius 2 is 1.95 bits per heavy atom. The minimum atomic E-state index is 0.123. The van der Waals surface area contributed by atoms with E-state index < -0.39 is 0 Å². The lowest BCUT2D eigenvalue weighted by molar-refractivity contribution is 0.298. The molecule has 1 unspecified atom stereocenters. The van der Waals surface area contributed by atoms with Crippen LogP contribution in [0, 0.1) is 0 Å². The van der Waals surface area contributed by atoms with Gasteiger partial charge in [0, 0.05) is 12.6 Å². The third-order valence-electron chi connectivity index (χ3n) is 3.45. The van der Waals surface area contributed by atoms with E-state index in [0.717, 1.165) is 23.6 Å². The van der Waals surface area contributed by atoms with Crippen LogP contribution < -0.4 is 10.1 Å². The van der Waals surface area contributed by atoms with E-state index in [1.807, 2.05) is 36.4 Å². The van der Waals surface area contributed by atoms with E-state index in [9.17, 15) is 0 Å². The highest BCUT2D eigenvalue weighted by Gasteiger charge is 2.07. The average Bonchev–Trinajstić information content (AvgIpc) is 2.50. The smallest absolute Gasteiger partial charge is 0.130 e. The Bertz CT molecular complexity index is 569. The van der Waals surface area contributed by atoms with Gasteiger partial charge in [-0.2, -0.15) is 0 Å². The number of benzene rings is 2. The van der Waals surface area contributed by atoms with Crippen molar-refractivity contribution in [2.24, 2.45) is 0 Å². The molecule has 0 radical (unpaired) electrons. The molecule has 1 atom stereocenters. The molecule has 0 aliphatic carbocycles. The summed E-state index contributed by atoms with van der Waals surface area (Å²) < 4.78 is 5.99. The van der Waals surface area contributed by atoms with Crippen LogP contribution in [0.1, 0.15) is 31.0 Å². The first-order valence-corrected chi connectivity index (χ1v) is 7.44. The van der Waals surface area contributed by atoms with E-state index >= 15 is 0 Å². The molecule has 0 saturated carbocycles. The third-order valence-corrected chi connectivity index (χ3v) is 3.45. The topological polar surface area (TPSA) is 41.5 Å². The number of aliphatic hydroxyl groups excluding tert-OH is 1. The van der Waals surface area contributed by atoms with Crippen molar-refractivity contribution in [2.75, 3.05) is 13.2 Å².